The number of aryl methyl sites for hydroxylation is 2. The van der Waals surface area contributed by atoms with Crippen molar-refractivity contribution in [3.63, 3.8) is 0 Å². The van der Waals surface area contributed by atoms with Gasteiger partial charge in [0, 0.05) is 17.7 Å². The van der Waals surface area contributed by atoms with Gasteiger partial charge in [-0.15, -0.1) is 0 Å². The maximum atomic E-state index is 5.40. The van der Waals surface area contributed by atoms with Crippen molar-refractivity contribution in [3.8, 4) is 0 Å². The van der Waals surface area contributed by atoms with Crippen molar-refractivity contribution >= 4 is 0 Å². The molecule has 1 aliphatic rings. The van der Waals surface area contributed by atoms with Crippen LogP contribution in [0.25, 0.3) is 0 Å². The van der Waals surface area contributed by atoms with Crippen molar-refractivity contribution in [2.75, 3.05) is 0 Å². The zero-order valence-corrected chi connectivity index (χ0v) is 13.7. The molecule has 1 fully saturated rings. The highest BCUT2D eigenvalue weighted by Crippen LogP contribution is 2.32. The molecule has 0 aromatic carbocycles. The molecular weight excluding hydrogens is 278 g/mol. The van der Waals surface area contributed by atoms with E-state index in [0.717, 1.165) is 24.0 Å². The molecule has 0 saturated heterocycles. The Morgan fingerprint density at radius 3 is 2.82 bits per heavy atom. The van der Waals surface area contributed by atoms with E-state index in [4.69, 9.17) is 4.52 Å². The summed E-state index contributed by atoms with van der Waals surface area (Å²) in [6, 6.07) is 2.39. The molecule has 22 heavy (non-hydrogen) atoms. The monoisotopic (exact) mass is 303 g/mol. The molecule has 0 spiro atoms. The molecule has 6 nitrogen and oxygen atoms in total. The SMILES string of the molecule is Cc1cc(C)n(CC(C)NCc2noc(C3CCCC3)n2)n1. The number of aromatic nitrogens is 4. The summed E-state index contributed by atoms with van der Waals surface area (Å²) in [5, 5.41) is 12.0. The third kappa shape index (κ3) is 3.55. The van der Waals surface area contributed by atoms with Crippen LogP contribution in [0.5, 0.6) is 0 Å². The Balaban J connectivity index is 1.50. The number of rotatable bonds is 6. The molecule has 1 unspecified atom stereocenters. The minimum Gasteiger partial charge on any atom is -0.339 e. The van der Waals surface area contributed by atoms with Gasteiger partial charge in [-0.25, -0.2) is 0 Å². The molecular formula is C16H25N5O. The lowest BCUT2D eigenvalue weighted by atomic mass is 10.1. The summed E-state index contributed by atoms with van der Waals surface area (Å²) in [7, 11) is 0. The van der Waals surface area contributed by atoms with Crippen LogP contribution in [-0.2, 0) is 13.1 Å². The molecule has 1 N–H and O–H groups in total. The molecule has 1 atom stereocenters. The van der Waals surface area contributed by atoms with E-state index < -0.39 is 0 Å². The topological polar surface area (TPSA) is 68.8 Å². The van der Waals surface area contributed by atoms with Crippen molar-refractivity contribution in [2.45, 2.75) is 71.5 Å². The van der Waals surface area contributed by atoms with E-state index >= 15 is 0 Å². The van der Waals surface area contributed by atoms with Gasteiger partial charge in [-0.2, -0.15) is 10.1 Å². The van der Waals surface area contributed by atoms with Crippen molar-refractivity contribution < 1.29 is 4.52 Å². The Kier molecular flexibility index (Phi) is 4.57. The van der Waals surface area contributed by atoms with Gasteiger partial charge in [-0.05, 0) is 39.7 Å². The van der Waals surface area contributed by atoms with Crippen molar-refractivity contribution in [3.05, 3.63) is 29.2 Å². The van der Waals surface area contributed by atoms with E-state index in [-0.39, 0.29) is 0 Å². The van der Waals surface area contributed by atoms with E-state index in [0.29, 0.717) is 18.5 Å². The summed E-state index contributed by atoms with van der Waals surface area (Å²) >= 11 is 0. The van der Waals surface area contributed by atoms with Gasteiger partial charge in [0.1, 0.15) is 0 Å². The number of nitrogens with zero attached hydrogens (tertiary/aromatic N) is 4. The predicted octanol–water partition coefficient (Wildman–Crippen LogP) is 2.72. The lowest BCUT2D eigenvalue weighted by molar-refractivity contribution is 0.347. The summed E-state index contributed by atoms with van der Waals surface area (Å²) in [5.74, 6) is 2.05. The van der Waals surface area contributed by atoms with Gasteiger partial charge in [-0.1, -0.05) is 18.0 Å². The van der Waals surface area contributed by atoms with Crippen LogP contribution < -0.4 is 5.32 Å². The van der Waals surface area contributed by atoms with Gasteiger partial charge in [0.05, 0.1) is 18.8 Å². The van der Waals surface area contributed by atoms with Gasteiger partial charge in [0.25, 0.3) is 0 Å². The first kappa shape index (κ1) is 15.2. The molecule has 2 aromatic rings. The summed E-state index contributed by atoms with van der Waals surface area (Å²) < 4.78 is 7.44. The average molecular weight is 303 g/mol. The standard InChI is InChI=1S/C16H25N5O/c1-11-8-13(3)21(19-11)10-12(2)17-9-15-18-16(22-20-15)14-6-4-5-7-14/h8,12,14,17H,4-7,9-10H2,1-3H3. The van der Waals surface area contributed by atoms with Crippen LogP contribution in [-0.4, -0.2) is 26.0 Å². The van der Waals surface area contributed by atoms with Gasteiger partial charge in [-0.3, -0.25) is 4.68 Å². The lowest BCUT2D eigenvalue weighted by Gasteiger charge is -2.13. The fraction of sp³-hybridized carbons (Fsp3) is 0.688. The minimum atomic E-state index is 0.298. The highest BCUT2D eigenvalue weighted by atomic mass is 16.5. The van der Waals surface area contributed by atoms with Gasteiger partial charge < -0.3 is 9.84 Å². The molecule has 1 aliphatic carbocycles. The second kappa shape index (κ2) is 6.60. The number of hydrogen-bond acceptors (Lipinski definition) is 5. The second-order valence-electron chi connectivity index (χ2n) is 6.42. The quantitative estimate of drug-likeness (QED) is 0.888. The molecule has 0 radical (unpaired) electrons. The van der Waals surface area contributed by atoms with E-state index in [9.17, 15) is 0 Å². The summed E-state index contributed by atoms with van der Waals surface area (Å²) in [6.07, 6.45) is 4.92. The third-order valence-corrected chi connectivity index (χ3v) is 4.35. The summed E-state index contributed by atoms with van der Waals surface area (Å²) in [4.78, 5) is 4.53. The Hall–Kier alpha value is -1.69. The molecule has 2 heterocycles. The van der Waals surface area contributed by atoms with Gasteiger partial charge >= 0.3 is 0 Å². The van der Waals surface area contributed by atoms with Crippen LogP contribution in [0, 0.1) is 13.8 Å². The summed E-state index contributed by atoms with van der Waals surface area (Å²) in [6.45, 7) is 7.73. The highest BCUT2D eigenvalue weighted by molar-refractivity contribution is 5.06. The van der Waals surface area contributed by atoms with Crippen molar-refractivity contribution in [1.82, 2.24) is 25.2 Å². The zero-order valence-electron chi connectivity index (χ0n) is 13.7. The molecule has 3 rings (SSSR count). The average Bonchev–Trinajstić information content (AvgIpc) is 3.19. The fourth-order valence-corrected chi connectivity index (χ4v) is 3.13. The Morgan fingerprint density at radius 2 is 2.14 bits per heavy atom. The van der Waals surface area contributed by atoms with Gasteiger partial charge in [0.15, 0.2) is 5.82 Å². The Labute approximate surface area is 131 Å². The van der Waals surface area contributed by atoms with Crippen LogP contribution in [0.3, 0.4) is 0 Å². The van der Waals surface area contributed by atoms with Crippen molar-refractivity contribution in [2.24, 2.45) is 0 Å². The van der Waals surface area contributed by atoms with Crippen LogP contribution in [0.1, 0.15) is 61.6 Å². The fourth-order valence-electron chi connectivity index (χ4n) is 3.13. The second-order valence-corrected chi connectivity index (χ2v) is 6.42. The van der Waals surface area contributed by atoms with E-state index in [2.05, 4.69) is 40.5 Å². The number of hydrogen-bond donors (Lipinski definition) is 1. The Bertz CT molecular complexity index is 612. The van der Waals surface area contributed by atoms with Gasteiger partial charge in [0.2, 0.25) is 5.89 Å². The molecule has 120 valence electrons. The van der Waals surface area contributed by atoms with Crippen LogP contribution >= 0.6 is 0 Å². The first-order chi connectivity index (χ1) is 10.6. The smallest absolute Gasteiger partial charge is 0.229 e. The van der Waals surface area contributed by atoms with Crippen molar-refractivity contribution in [1.29, 1.82) is 0 Å². The normalized spacial score (nSPS) is 17.2. The van der Waals surface area contributed by atoms with Crippen LogP contribution in [0.2, 0.25) is 0 Å². The minimum absolute atomic E-state index is 0.298. The molecule has 1 saturated carbocycles. The molecule has 0 amide bonds. The maximum Gasteiger partial charge on any atom is 0.229 e. The first-order valence-corrected chi connectivity index (χ1v) is 8.18. The van der Waals surface area contributed by atoms with E-state index in [1.54, 1.807) is 0 Å². The summed E-state index contributed by atoms with van der Waals surface area (Å²) in [5.41, 5.74) is 2.25. The Morgan fingerprint density at radius 1 is 1.36 bits per heavy atom. The first-order valence-electron chi connectivity index (χ1n) is 8.18. The molecule has 6 heteroatoms. The maximum absolute atomic E-state index is 5.40. The van der Waals surface area contributed by atoms with Crippen LogP contribution in [0.4, 0.5) is 0 Å². The molecule has 2 aromatic heterocycles. The highest BCUT2D eigenvalue weighted by Gasteiger charge is 2.22. The molecule has 0 aliphatic heterocycles. The zero-order chi connectivity index (χ0) is 15.5. The number of nitrogens with one attached hydrogen (secondary N) is 1. The predicted molar refractivity (Wildman–Crippen MR) is 83.5 cm³/mol. The van der Waals surface area contributed by atoms with E-state index in [1.807, 2.05) is 11.6 Å². The third-order valence-electron chi connectivity index (χ3n) is 4.35. The molecule has 0 bridgehead atoms. The largest absolute Gasteiger partial charge is 0.339 e. The van der Waals surface area contributed by atoms with E-state index in [1.165, 1.54) is 31.4 Å². The lowest BCUT2D eigenvalue weighted by Crippen LogP contribution is -2.31. The van der Waals surface area contributed by atoms with Crippen LogP contribution in [0.15, 0.2) is 10.6 Å².